The zero-order chi connectivity index (χ0) is 19.1. The Bertz CT molecular complexity index is 404. The monoisotopic (exact) mass is 356 g/mol. The number of sulfone groups is 1. The number of ether oxygens (including phenoxy) is 2. The fourth-order valence-electron chi connectivity index (χ4n) is 0.770. The third kappa shape index (κ3) is 59.2. The molecule has 5 heteroatoms. The van der Waals surface area contributed by atoms with Gasteiger partial charge in [-0.25, -0.2) is 8.42 Å². The smallest absolute Gasteiger partial charge is 0.144 e. The minimum atomic E-state index is -2.67. The van der Waals surface area contributed by atoms with Crippen molar-refractivity contribution in [3.8, 4) is 0 Å². The topological polar surface area (TPSA) is 52.6 Å². The molecule has 2 rings (SSSR count). The van der Waals surface area contributed by atoms with E-state index in [1.165, 1.54) is 0 Å². The molecule has 0 aliphatic heterocycles. The van der Waals surface area contributed by atoms with Gasteiger partial charge in [-0.1, -0.05) is 72.8 Å². The third-order valence-electron chi connectivity index (χ3n) is 1.62. The van der Waals surface area contributed by atoms with Crippen LogP contribution in [0.1, 0.15) is 6.92 Å². The Kier molecular flexibility index (Phi) is 26.7. The summed E-state index contributed by atoms with van der Waals surface area (Å²) in [4.78, 5) is 0. The van der Waals surface area contributed by atoms with Crippen LogP contribution in [-0.4, -0.2) is 48.9 Å². The largest absolute Gasteiger partial charge is 0.388 e. The van der Waals surface area contributed by atoms with Crippen molar-refractivity contribution in [3.63, 3.8) is 0 Å². The second-order valence-corrected chi connectivity index (χ2v) is 6.72. The van der Waals surface area contributed by atoms with E-state index in [1.54, 1.807) is 21.3 Å². The molecular formula is C19H32O4S. The van der Waals surface area contributed by atoms with Crippen LogP contribution in [0, 0.1) is 0 Å². The average molecular weight is 357 g/mol. The molecule has 138 valence electrons. The predicted octanol–water partition coefficient (Wildman–Crippen LogP) is 3.95. The van der Waals surface area contributed by atoms with E-state index in [0.717, 1.165) is 19.1 Å². The lowest BCUT2D eigenvalue weighted by molar-refractivity contribution is 0.215. The molecule has 2 aromatic rings. The summed E-state index contributed by atoms with van der Waals surface area (Å²) in [5, 5.41) is 0. The van der Waals surface area contributed by atoms with E-state index >= 15 is 0 Å². The zero-order valence-corrected chi connectivity index (χ0v) is 16.5. The Morgan fingerprint density at radius 2 is 0.708 bits per heavy atom. The van der Waals surface area contributed by atoms with Crippen molar-refractivity contribution in [3.05, 3.63) is 72.8 Å². The van der Waals surface area contributed by atoms with Crippen LogP contribution >= 0.6 is 0 Å². The predicted molar refractivity (Wildman–Crippen MR) is 104 cm³/mol. The molecule has 0 heterocycles. The number of benzene rings is 2. The maximum absolute atomic E-state index is 9.63. The van der Waals surface area contributed by atoms with Gasteiger partial charge in [0.25, 0.3) is 0 Å². The number of hydrogen-bond donors (Lipinski definition) is 0. The molecular weight excluding hydrogens is 324 g/mol. The second-order valence-electron chi connectivity index (χ2n) is 4.44. The summed E-state index contributed by atoms with van der Waals surface area (Å²) in [5.41, 5.74) is 0. The van der Waals surface area contributed by atoms with Gasteiger partial charge >= 0.3 is 0 Å². The Balaban J connectivity index is -0.000000236. The van der Waals surface area contributed by atoms with Gasteiger partial charge in [-0.05, 0) is 6.92 Å². The average Bonchev–Trinajstić information content (AvgIpc) is 2.58. The molecule has 0 aromatic heterocycles. The van der Waals surface area contributed by atoms with Crippen molar-refractivity contribution in [2.45, 2.75) is 6.92 Å². The first-order valence-corrected chi connectivity index (χ1v) is 9.67. The fourth-order valence-corrected chi connectivity index (χ4v) is 0.770. The fraction of sp³-hybridized carbons (Fsp3) is 0.368. The first-order valence-electron chi connectivity index (χ1n) is 7.37. The number of hydrogen-bond acceptors (Lipinski definition) is 4. The summed E-state index contributed by atoms with van der Waals surface area (Å²) in [6, 6.07) is 24.0. The van der Waals surface area contributed by atoms with Gasteiger partial charge in [-0.15, -0.1) is 0 Å². The van der Waals surface area contributed by atoms with Gasteiger partial charge in [0.2, 0.25) is 0 Å². The highest BCUT2D eigenvalue weighted by atomic mass is 32.2. The zero-order valence-electron chi connectivity index (χ0n) is 15.7. The maximum atomic E-state index is 9.63. The summed E-state index contributed by atoms with van der Waals surface area (Å²) in [5.74, 6) is 0. The molecule has 0 atom stereocenters. The second kappa shape index (κ2) is 23.6. The minimum Gasteiger partial charge on any atom is -0.388 e. The van der Waals surface area contributed by atoms with Gasteiger partial charge in [0.15, 0.2) is 0 Å². The van der Waals surface area contributed by atoms with Crippen LogP contribution in [0.15, 0.2) is 72.8 Å². The molecule has 0 bridgehead atoms. The summed E-state index contributed by atoms with van der Waals surface area (Å²) < 4.78 is 28.1. The van der Waals surface area contributed by atoms with Crippen molar-refractivity contribution in [1.82, 2.24) is 0 Å². The van der Waals surface area contributed by atoms with E-state index in [0.29, 0.717) is 0 Å². The van der Waals surface area contributed by atoms with Crippen LogP contribution in [-0.2, 0) is 19.3 Å². The summed E-state index contributed by atoms with van der Waals surface area (Å²) >= 11 is 0. The van der Waals surface area contributed by atoms with E-state index in [2.05, 4.69) is 9.47 Å². The highest BCUT2D eigenvalue weighted by molar-refractivity contribution is 7.89. The van der Waals surface area contributed by atoms with Gasteiger partial charge in [0.1, 0.15) is 9.84 Å². The molecule has 2 aromatic carbocycles. The first kappa shape index (κ1) is 27.2. The lowest BCUT2D eigenvalue weighted by Gasteiger charge is -1.76. The first-order chi connectivity index (χ1) is 11.3. The molecule has 24 heavy (non-hydrogen) atoms. The van der Waals surface area contributed by atoms with Crippen LogP contribution in [0.2, 0.25) is 0 Å². The summed E-state index contributed by atoms with van der Waals surface area (Å²) in [6.45, 7) is 2.78. The van der Waals surface area contributed by atoms with Crippen LogP contribution in [0.25, 0.3) is 0 Å². The Hall–Kier alpha value is -1.69. The van der Waals surface area contributed by atoms with Gasteiger partial charge in [-0.3, -0.25) is 0 Å². The van der Waals surface area contributed by atoms with Gasteiger partial charge in [0.05, 0.1) is 0 Å². The molecule has 0 fully saturated rings. The van der Waals surface area contributed by atoms with Gasteiger partial charge in [-0.2, -0.15) is 0 Å². The van der Waals surface area contributed by atoms with Crippen LogP contribution in [0.5, 0.6) is 0 Å². The number of rotatable bonds is 1. The van der Waals surface area contributed by atoms with Crippen molar-refractivity contribution < 1.29 is 17.9 Å². The Morgan fingerprint density at radius 3 is 0.750 bits per heavy atom. The van der Waals surface area contributed by atoms with E-state index in [1.807, 2.05) is 79.7 Å². The van der Waals surface area contributed by atoms with Gasteiger partial charge in [0, 0.05) is 40.4 Å². The van der Waals surface area contributed by atoms with E-state index < -0.39 is 9.84 Å². The molecule has 0 unspecified atom stereocenters. The molecule has 0 radical (unpaired) electrons. The highest BCUT2D eigenvalue weighted by Gasteiger charge is 1.79. The van der Waals surface area contributed by atoms with Crippen LogP contribution in [0.4, 0.5) is 0 Å². The minimum absolute atomic E-state index is 0.819. The molecule has 0 N–H and O–H groups in total. The summed E-state index contributed by atoms with van der Waals surface area (Å²) in [6.07, 6.45) is 2.32. The van der Waals surface area contributed by atoms with E-state index in [4.69, 9.17) is 0 Å². The molecule has 0 aliphatic rings. The SMILES string of the molecule is CCOC.COC.CS(C)(=O)=O.c1ccccc1.c1ccccc1. The molecule has 0 saturated carbocycles. The highest BCUT2D eigenvalue weighted by Crippen LogP contribution is 1.80. The van der Waals surface area contributed by atoms with Crippen molar-refractivity contribution in [2.75, 3.05) is 40.4 Å². The van der Waals surface area contributed by atoms with Crippen molar-refractivity contribution >= 4 is 9.84 Å². The van der Waals surface area contributed by atoms with Crippen LogP contribution in [0.3, 0.4) is 0 Å². The quantitative estimate of drug-likeness (QED) is 0.776. The molecule has 0 aliphatic carbocycles. The lowest BCUT2D eigenvalue weighted by Crippen LogP contribution is -1.86. The van der Waals surface area contributed by atoms with E-state index in [-0.39, 0.29) is 0 Å². The Labute approximate surface area is 148 Å². The maximum Gasteiger partial charge on any atom is 0.144 e. The van der Waals surface area contributed by atoms with E-state index in [9.17, 15) is 8.42 Å². The molecule has 0 amide bonds. The molecule has 4 nitrogen and oxygen atoms in total. The summed E-state index contributed by atoms with van der Waals surface area (Å²) in [7, 11) is 2.26. The number of methoxy groups -OCH3 is 2. The van der Waals surface area contributed by atoms with Crippen LogP contribution < -0.4 is 0 Å². The standard InChI is InChI=1S/2C6H6.C3H8O.C2H6O2S.C2H6O/c2*1-2-4-6-5-3-1;1-3-4-2;1-5(2,3)4;1-3-2/h2*1-6H;3H2,1-2H3;1-2H3;1-2H3. The molecule has 0 saturated heterocycles. The Morgan fingerprint density at radius 1 is 0.625 bits per heavy atom. The van der Waals surface area contributed by atoms with Crippen molar-refractivity contribution in [1.29, 1.82) is 0 Å². The van der Waals surface area contributed by atoms with Gasteiger partial charge < -0.3 is 9.47 Å². The third-order valence-corrected chi connectivity index (χ3v) is 1.62. The molecule has 0 spiro atoms. The van der Waals surface area contributed by atoms with Crippen molar-refractivity contribution in [2.24, 2.45) is 0 Å². The normalized spacial score (nSPS) is 8.42. The lowest BCUT2D eigenvalue weighted by atomic mass is 10.4.